The van der Waals surface area contributed by atoms with Crippen molar-refractivity contribution in [1.29, 1.82) is 0 Å². The summed E-state index contributed by atoms with van der Waals surface area (Å²) in [7, 11) is 0. The van der Waals surface area contributed by atoms with Crippen molar-refractivity contribution in [2.75, 3.05) is 13.1 Å². The van der Waals surface area contributed by atoms with Crippen molar-refractivity contribution in [2.24, 2.45) is 0 Å². The van der Waals surface area contributed by atoms with Crippen molar-refractivity contribution in [3.63, 3.8) is 0 Å². The Bertz CT molecular complexity index is 594. The molecule has 1 aromatic carbocycles. The lowest BCUT2D eigenvalue weighted by atomic mass is 10.2. The first-order valence-electron chi connectivity index (χ1n) is 6.09. The van der Waals surface area contributed by atoms with Gasteiger partial charge in [-0.2, -0.15) is 0 Å². The van der Waals surface area contributed by atoms with E-state index in [1.807, 2.05) is 29.2 Å². The number of aromatic nitrogens is 2. The highest BCUT2D eigenvalue weighted by atomic mass is 19.1. The molecule has 2 heterocycles. The summed E-state index contributed by atoms with van der Waals surface area (Å²) in [6.45, 7) is 1.91. The number of rotatable bonds is 2. The summed E-state index contributed by atoms with van der Waals surface area (Å²) in [6, 6.07) is 7.78. The van der Waals surface area contributed by atoms with Gasteiger partial charge < -0.3 is 0 Å². The van der Waals surface area contributed by atoms with E-state index in [0.29, 0.717) is 13.1 Å². The molecule has 0 unspecified atom stereocenters. The third kappa shape index (κ3) is 2.38. The molecule has 1 aliphatic rings. The van der Waals surface area contributed by atoms with Gasteiger partial charge in [0.05, 0.1) is 29.5 Å². The molecule has 0 aliphatic carbocycles. The molecule has 0 N–H and O–H groups in total. The minimum atomic E-state index is -0.0463. The van der Waals surface area contributed by atoms with Crippen LogP contribution >= 0.6 is 0 Å². The number of hydrogen-bond donors (Lipinski definition) is 0. The highest BCUT2D eigenvalue weighted by molar-refractivity contribution is 5.73. The minimum Gasteiger partial charge on any atom is -0.291 e. The third-order valence-corrected chi connectivity index (χ3v) is 3.07. The molecule has 18 heavy (non-hydrogen) atoms. The second kappa shape index (κ2) is 4.82. The zero-order chi connectivity index (χ0) is 12.4. The molecule has 4 heteroatoms. The molecule has 0 fully saturated rings. The number of nitrogens with zero attached hydrogens (tertiary/aromatic N) is 3. The van der Waals surface area contributed by atoms with Gasteiger partial charge in [-0.1, -0.05) is 18.2 Å². The van der Waals surface area contributed by atoms with Gasteiger partial charge in [0, 0.05) is 13.1 Å². The van der Waals surface area contributed by atoms with Crippen LogP contribution in [0.3, 0.4) is 0 Å². The molecule has 0 spiro atoms. The van der Waals surface area contributed by atoms with Crippen LogP contribution in [0.25, 0.3) is 11.0 Å². The number of hydrogen-bond acceptors (Lipinski definition) is 3. The Hall–Kier alpha value is -1.81. The van der Waals surface area contributed by atoms with Crippen molar-refractivity contribution >= 4 is 11.0 Å². The van der Waals surface area contributed by atoms with Gasteiger partial charge in [0.15, 0.2) is 0 Å². The van der Waals surface area contributed by atoms with Crippen molar-refractivity contribution in [3.8, 4) is 0 Å². The average molecular weight is 243 g/mol. The van der Waals surface area contributed by atoms with E-state index in [2.05, 4.69) is 9.97 Å². The van der Waals surface area contributed by atoms with Crippen molar-refractivity contribution < 1.29 is 4.39 Å². The van der Waals surface area contributed by atoms with Gasteiger partial charge in [-0.05, 0) is 18.6 Å². The fraction of sp³-hybridized carbons (Fsp3) is 0.286. The molecule has 0 amide bonds. The molecule has 3 rings (SSSR count). The van der Waals surface area contributed by atoms with E-state index in [4.69, 9.17) is 0 Å². The summed E-state index contributed by atoms with van der Waals surface area (Å²) in [6.07, 6.45) is 4.20. The predicted octanol–water partition coefficient (Wildman–Crippen LogP) is 2.69. The van der Waals surface area contributed by atoms with Crippen molar-refractivity contribution in [1.82, 2.24) is 14.9 Å². The maximum atomic E-state index is 13.2. The largest absolute Gasteiger partial charge is 0.291 e. The lowest BCUT2D eigenvalue weighted by Gasteiger charge is -2.23. The monoisotopic (exact) mass is 243 g/mol. The van der Waals surface area contributed by atoms with E-state index in [1.165, 1.54) is 0 Å². The van der Waals surface area contributed by atoms with E-state index in [-0.39, 0.29) is 5.83 Å². The van der Waals surface area contributed by atoms with E-state index >= 15 is 0 Å². The van der Waals surface area contributed by atoms with Crippen LogP contribution in [0, 0.1) is 0 Å². The smallest absolute Gasteiger partial charge is 0.110 e. The summed E-state index contributed by atoms with van der Waals surface area (Å²) < 4.78 is 13.2. The molecule has 0 radical (unpaired) electrons. The lowest BCUT2D eigenvalue weighted by molar-refractivity contribution is 0.256. The van der Waals surface area contributed by atoms with E-state index in [0.717, 1.165) is 29.7 Å². The minimum absolute atomic E-state index is 0.0463. The van der Waals surface area contributed by atoms with Gasteiger partial charge in [-0.3, -0.25) is 9.88 Å². The van der Waals surface area contributed by atoms with Crippen LogP contribution in [0.15, 0.2) is 42.4 Å². The van der Waals surface area contributed by atoms with Gasteiger partial charge in [-0.25, -0.2) is 9.37 Å². The van der Waals surface area contributed by atoms with Crippen LogP contribution in [-0.2, 0) is 6.54 Å². The van der Waals surface area contributed by atoms with Crippen LogP contribution in [0.2, 0.25) is 0 Å². The first-order chi connectivity index (χ1) is 8.81. The number of halogens is 1. The Balaban J connectivity index is 1.80. The SMILES string of the molecule is FC1=CCCN(Cc2cnc3ccccc3n2)C1. The summed E-state index contributed by atoms with van der Waals surface area (Å²) >= 11 is 0. The summed E-state index contributed by atoms with van der Waals surface area (Å²) in [5.74, 6) is -0.0463. The Morgan fingerprint density at radius 1 is 1.22 bits per heavy atom. The van der Waals surface area contributed by atoms with Crippen LogP contribution < -0.4 is 0 Å². The van der Waals surface area contributed by atoms with Crippen LogP contribution in [0.5, 0.6) is 0 Å². The van der Waals surface area contributed by atoms with E-state index < -0.39 is 0 Å². The molecule has 3 nitrogen and oxygen atoms in total. The van der Waals surface area contributed by atoms with Gasteiger partial charge >= 0.3 is 0 Å². The molecule has 0 atom stereocenters. The quantitative estimate of drug-likeness (QED) is 0.812. The molecule has 1 aliphatic heterocycles. The van der Waals surface area contributed by atoms with Gasteiger partial charge in [0.1, 0.15) is 5.83 Å². The molecule has 92 valence electrons. The first-order valence-corrected chi connectivity index (χ1v) is 6.09. The topological polar surface area (TPSA) is 29.0 Å². The highest BCUT2D eigenvalue weighted by Crippen LogP contribution is 2.14. The summed E-state index contributed by atoms with van der Waals surface area (Å²) in [5.41, 5.74) is 2.68. The van der Waals surface area contributed by atoms with E-state index in [9.17, 15) is 4.39 Å². The van der Waals surface area contributed by atoms with Gasteiger partial charge in [0.2, 0.25) is 0 Å². The van der Waals surface area contributed by atoms with Gasteiger partial charge in [-0.15, -0.1) is 0 Å². The number of fused-ring (bicyclic) bond motifs is 1. The third-order valence-electron chi connectivity index (χ3n) is 3.07. The van der Waals surface area contributed by atoms with Crippen molar-refractivity contribution in [2.45, 2.75) is 13.0 Å². The van der Waals surface area contributed by atoms with Gasteiger partial charge in [0.25, 0.3) is 0 Å². The Kier molecular flexibility index (Phi) is 3.02. The Morgan fingerprint density at radius 2 is 2.06 bits per heavy atom. The lowest BCUT2D eigenvalue weighted by Crippen LogP contribution is -2.28. The van der Waals surface area contributed by atoms with Crippen molar-refractivity contribution in [3.05, 3.63) is 48.1 Å². The molecule has 0 saturated carbocycles. The maximum Gasteiger partial charge on any atom is 0.110 e. The number of para-hydroxylation sites is 2. The highest BCUT2D eigenvalue weighted by Gasteiger charge is 2.13. The zero-order valence-electron chi connectivity index (χ0n) is 10.0. The normalized spacial score (nSPS) is 16.8. The average Bonchev–Trinajstić information content (AvgIpc) is 2.39. The molecule has 0 bridgehead atoms. The first kappa shape index (κ1) is 11.3. The Morgan fingerprint density at radius 3 is 2.89 bits per heavy atom. The number of benzene rings is 1. The summed E-state index contributed by atoms with van der Waals surface area (Å²) in [4.78, 5) is 11.0. The fourth-order valence-corrected chi connectivity index (χ4v) is 2.20. The van der Waals surface area contributed by atoms with Crippen LogP contribution in [0.1, 0.15) is 12.1 Å². The maximum absolute atomic E-state index is 13.2. The Labute approximate surface area is 105 Å². The second-order valence-electron chi connectivity index (χ2n) is 4.50. The van der Waals surface area contributed by atoms with Crippen LogP contribution in [0.4, 0.5) is 4.39 Å². The fourth-order valence-electron chi connectivity index (χ4n) is 2.20. The predicted molar refractivity (Wildman–Crippen MR) is 68.6 cm³/mol. The van der Waals surface area contributed by atoms with Crippen LogP contribution in [-0.4, -0.2) is 28.0 Å². The molecule has 0 saturated heterocycles. The summed E-state index contributed by atoms with van der Waals surface area (Å²) in [5, 5.41) is 0. The molecular formula is C14H14FN3. The zero-order valence-corrected chi connectivity index (χ0v) is 10.0. The molecule has 2 aromatic rings. The second-order valence-corrected chi connectivity index (χ2v) is 4.50. The molecule has 1 aromatic heterocycles. The standard InChI is InChI=1S/C14H14FN3/c15-11-4-3-7-18(9-11)10-12-8-16-13-5-1-2-6-14(13)17-12/h1-2,4-6,8H,3,7,9-10H2. The molecular weight excluding hydrogens is 229 g/mol. The van der Waals surface area contributed by atoms with E-state index in [1.54, 1.807) is 12.3 Å².